The third-order valence-electron chi connectivity index (χ3n) is 4.31. The summed E-state index contributed by atoms with van der Waals surface area (Å²) >= 11 is 0. The maximum absolute atomic E-state index is 12.2. The van der Waals surface area contributed by atoms with Crippen molar-refractivity contribution in [2.75, 3.05) is 13.2 Å². The predicted octanol–water partition coefficient (Wildman–Crippen LogP) is 2.40. The molecule has 7 nitrogen and oxygen atoms in total. The number of aromatic nitrogens is 1. The molecule has 7 heteroatoms. The van der Waals surface area contributed by atoms with E-state index in [1.165, 1.54) is 5.01 Å². The fraction of sp³-hybridized carbons (Fsp3) is 0.368. The molecule has 26 heavy (non-hydrogen) atoms. The predicted molar refractivity (Wildman–Crippen MR) is 94.6 cm³/mol. The highest BCUT2D eigenvalue weighted by Crippen LogP contribution is 2.15. The molecule has 0 aliphatic carbocycles. The van der Waals surface area contributed by atoms with Crippen molar-refractivity contribution in [3.63, 3.8) is 0 Å². The van der Waals surface area contributed by atoms with Gasteiger partial charge < -0.3 is 9.26 Å². The molecule has 0 saturated carbocycles. The summed E-state index contributed by atoms with van der Waals surface area (Å²) in [5.41, 5.74) is 3.54. The van der Waals surface area contributed by atoms with Gasteiger partial charge in [-0.3, -0.25) is 9.59 Å². The van der Waals surface area contributed by atoms with Gasteiger partial charge in [0.1, 0.15) is 5.76 Å². The maximum atomic E-state index is 12.2. The molecule has 0 atom stereocenters. The number of ether oxygens (including phenoxy) is 1. The number of nitrogens with zero attached hydrogens (tertiary/aromatic N) is 3. The minimum absolute atomic E-state index is 0.175. The third-order valence-corrected chi connectivity index (χ3v) is 4.31. The summed E-state index contributed by atoms with van der Waals surface area (Å²) in [6, 6.07) is 9.72. The van der Waals surface area contributed by atoms with E-state index in [-0.39, 0.29) is 18.9 Å². The summed E-state index contributed by atoms with van der Waals surface area (Å²) < 4.78 is 10.1. The van der Waals surface area contributed by atoms with Gasteiger partial charge >= 0.3 is 5.97 Å². The standard InChI is InChI=1S/C19H21N3O4/c1-13-16(14(2)26-21-13)8-9-19(24)25-12-18(23)22-11-10-17(20-22)15-6-4-3-5-7-15/h3-7H,8-12H2,1-2H3. The Labute approximate surface area is 151 Å². The molecule has 0 spiro atoms. The average Bonchev–Trinajstić information content (AvgIpc) is 3.26. The summed E-state index contributed by atoms with van der Waals surface area (Å²) in [4.78, 5) is 24.1. The second-order valence-corrected chi connectivity index (χ2v) is 6.14. The van der Waals surface area contributed by atoms with Crippen LogP contribution >= 0.6 is 0 Å². The Morgan fingerprint density at radius 3 is 2.69 bits per heavy atom. The molecule has 0 bridgehead atoms. The van der Waals surface area contributed by atoms with E-state index in [1.807, 2.05) is 37.3 Å². The van der Waals surface area contributed by atoms with Gasteiger partial charge in [-0.25, -0.2) is 5.01 Å². The van der Waals surface area contributed by atoms with Crippen molar-refractivity contribution in [1.82, 2.24) is 10.2 Å². The molecule has 0 fully saturated rings. The van der Waals surface area contributed by atoms with E-state index < -0.39 is 5.97 Å². The number of aryl methyl sites for hydroxylation is 2. The lowest BCUT2D eigenvalue weighted by Crippen LogP contribution is -2.28. The number of carbonyl (C=O) groups is 2. The normalized spacial score (nSPS) is 13.6. The Kier molecular flexibility index (Phi) is 5.46. The van der Waals surface area contributed by atoms with Crippen molar-refractivity contribution in [3.05, 3.63) is 52.9 Å². The Bertz CT molecular complexity index is 807. The van der Waals surface area contributed by atoms with Gasteiger partial charge in [0.25, 0.3) is 5.91 Å². The maximum Gasteiger partial charge on any atom is 0.306 e. The minimum Gasteiger partial charge on any atom is -0.455 e. The highest BCUT2D eigenvalue weighted by molar-refractivity contribution is 6.02. The number of rotatable bonds is 6. The van der Waals surface area contributed by atoms with Gasteiger partial charge in [-0.2, -0.15) is 5.10 Å². The number of hydrogen-bond acceptors (Lipinski definition) is 6. The van der Waals surface area contributed by atoms with E-state index in [4.69, 9.17) is 9.26 Å². The van der Waals surface area contributed by atoms with E-state index in [0.717, 1.165) is 22.5 Å². The van der Waals surface area contributed by atoms with Crippen LogP contribution in [-0.2, 0) is 20.7 Å². The van der Waals surface area contributed by atoms with Crippen LogP contribution in [0.25, 0.3) is 0 Å². The SMILES string of the molecule is Cc1noc(C)c1CCC(=O)OCC(=O)N1CCC(c2ccccc2)=N1. The van der Waals surface area contributed by atoms with Crippen LogP contribution < -0.4 is 0 Å². The first-order chi connectivity index (χ1) is 12.5. The number of benzene rings is 1. The molecular weight excluding hydrogens is 334 g/mol. The second kappa shape index (κ2) is 7.95. The molecule has 0 radical (unpaired) electrons. The number of hydrazone groups is 1. The van der Waals surface area contributed by atoms with E-state index in [0.29, 0.717) is 25.1 Å². The van der Waals surface area contributed by atoms with Gasteiger partial charge in [-0.1, -0.05) is 35.5 Å². The lowest BCUT2D eigenvalue weighted by Gasteiger charge is -2.11. The van der Waals surface area contributed by atoms with Gasteiger partial charge in [-0.15, -0.1) is 0 Å². The first-order valence-electron chi connectivity index (χ1n) is 8.55. The number of carbonyl (C=O) groups excluding carboxylic acids is 2. The van der Waals surface area contributed by atoms with Crippen molar-refractivity contribution >= 4 is 17.6 Å². The van der Waals surface area contributed by atoms with Crippen LogP contribution in [-0.4, -0.2) is 40.9 Å². The Balaban J connectivity index is 1.47. The van der Waals surface area contributed by atoms with Crippen molar-refractivity contribution < 1.29 is 18.8 Å². The van der Waals surface area contributed by atoms with E-state index in [1.54, 1.807) is 6.92 Å². The number of hydrogen-bond donors (Lipinski definition) is 0. The smallest absolute Gasteiger partial charge is 0.306 e. The van der Waals surface area contributed by atoms with Gasteiger partial charge in [-0.05, 0) is 25.8 Å². The summed E-state index contributed by atoms with van der Waals surface area (Å²) in [5.74, 6) is -0.0438. The van der Waals surface area contributed by atoms with Crippen LogP contribution in [0.5, 0.6) is 0 Å². The molecule has 136 valence electrons. The quantitative estimate of drug-likeness (QED) is 0.743. The first-order valence-corrected chi connectivity index (χ1v) is 8.55. The first kappa shape index (κ1) is 17.8. The number of amides is 1. The lowest BCUT2D eigenvalue weighted by molar-refractivity contribution is -0.151. The van der Waals surface area contributed by atoms with Gasteiger partial charge in [0, 0.05) is 18.4 Å². The van der Waals surface area contributed by atoms with Crippen LogP contribution in [0.15, 0.2) is 40.0 Å². The molecule has 1 aromatic heterocycles. The zero-order valence-corrected chi connectivity index (χ0v) is 14.9. The molecule has 1 aliphatic rings. The van der Waals surface area contributed by atoms with Gasteiger partial charge in [0.05, 0.1) is 18.0 Å². The number of esters is 1. The molecule has 2 heterocycles. The topological polar surface area (TPSA) is 85.0 Å². The zero-order chi connectivity index (χ0) is 18.5. The lowest BCUT2D eigenvalue weighted by atomic mass is 10.1. The molecule has 3 rings (SSSR count). The molecule has 1 amide bonds. The molecule has 0 saturated heterocycles. The van der Waals surface area contributed by atoms with Crippen LogP contribution in [0.4, 0.5) is 0 Å². The van der Waals surface area contributed by atoms with Crippen molar-refractivity contribution in [2.45, 2.75) is 33.1 Å². The van der Waals surface area contributed by atoms with E-state index >= 15 is 0 Å². The van der Waals surface area contributed by atoms with Crippen LogP contribution in [0.2, 0.25) is 0 Å². The van der Waals surface area contributed by atoms with Gasteiger partial charge in [0.15, 0.2) is 6.61 Å². The largest absolute Gasteiger partial charge is 0.455 e. The van der Waals surface area contributed by atoms with Crippen molar-refractivity contribution in [2.24, 2.45) is 5.10 Å². The van der Waals surface area contributed by atoms with Crippen molar-refractivity contribution in [1.29, 1.82) is 0 Å². The fourth-order valence-corrected chi connectivity index (χ4v) is 2.85. The highest BCUT2D eigenvalue weighted by atomic mass is 16.5. The van der Waals surface area contributed by atoms with Gasteiger partial charge in [0.2, 0.25) is 0 Å². The molecular formula is C19H21N3O4. The molecule has 0 unspecified atom stereocenters. The molecule has 2 aromatic rings. The summed E-state index contributed by atoms with van der Waals surface area (Å²) in [6.45, 7) is 3.84. The minimum atomic E-state index is -0.426. The van der Waals surface area contributed by atoms with Crippen LogP contribution in [0.3, 0.4) is 0 Å². The molecule has 1 aliphatic heterocycles. The Hall–Kier alpha value is -2.96. The Morgan fingerprint density at radius 1 is 1.23 bits per heavy atom. The van der Waals surface area contributed by atoms with E-state index in [9.17, 15) is 9.59 Å². The molecule has 0 N–H and O–H groups in total. The fourth-order valence-electron chi connectivity index (χ4n) is 2.85. The van der Waals surface area contributed by atoms with Crippen LogP contribution in [0, 0.1) is 13.8 Å². The Morgan fingerprint density at radius 2 is 2.00 bits per heavy atom. The summed E-state index contributed by atoms with van der Waals surface area (Å²) in [5, 5.41) is 9.55. The average molecular weight is 355 g/mol. The second-order valence-electron chi connectivity index (χ2n) is 6.14. The van der Waals surface area contributed by atoms with E-state index in [2.05, 4.69) is 10.3 Å². The molecule has 1 aromatic carbocycles. The summed E-state index contributed by atoms with van der Waals surface area (Å²) in [7, 11) is 0. The monoisotopic (exact) mass is 355 g/mol. The van der Waals surface area contributed by atoms with Crippen LogP contribution in [0.1, 0.15) is 35.4 Å². The third kappa shape index (κ3) is 4.17. The zero-order valence-electron chi connectivity index (χ0n) is 14.9. The highest BCUT2D eigenvalue weighted by Gasteiger charge is 2.22. The van der Waals surface area contributed by atoms with Crippen molar-refractivity contribution in [3.8, 4) is 0 Å². The summed E-state index contributed by atoms with van der Waals surface area (Å²) in [6.07, 6.45) is 1.35.